The van der Waals surface area contributed by atoms with E-state index in [1.165, 1.54) is 18.4 Å². The SMILES string of the molecule is CCNC(=NCCCc1ccccc1)NCCN(CCOC)C1CC1. The highest BCUT2D eigenvalue weighted by Crippen LogP contribution is 2.25. The molecule has 5 heteroatoms. The molecule has 0 aliphatic heterocycles. The van der Waals surface area contributed by atoms with Crippen molar-refractivity contribution in [2.75, 3.05) is 46.4 Å². The smallest absolute Gasteiger partial charge is 0.191 e. The molecule has 2 N–H and O–H groups in total. The second-order valence-electron chi connectivity index (χ2n) is 6.54. The Bertz CT molecular complexity index is 488. The lowest BCUT2D eigenvalue weighted by atomic mass is 10.1. The molecule has 1 aromatic rings. The van der Waals surface area contributed by atoms with Gasteiger partial charge in [-0.25, -0.2) is 0 Å². The van der Waals surface area contributed by atoms with Gasteiger partial charge in [0, 0.05) is 45.9 Å². The zero-order chi connectivity index (χ0) is 17.7. The van der Waals surface area contributed by atoms with E-state index in [9.17, 15) is 0 Å². The van der Waals surface area contributed by atoms with Crippen LogP contribution in [0, 0.1) is 0 Å². The molecular weight excluding hydrogens is 312 g/mol. The third kappa shape index (κ3) is 8.36. The van der Waals surface area contributed by atoms with Crippen molar-refractivity contribution in [3.63, 3.8) is 0 Å². The Hall–Kier alpha value is -1.59. The molecular formula is C20H34N4O. The standard InChI is InChI=1S/C20H34N4O/c1-3-21-20(22-13-7-10-18-8-5-4-6-9-18)23-14-15-24(16-17-25-2)19-11-12-19/h4-6,8-9,19H,3,7,10-17H2,1-2H3,(H2,21,22,23). The molecule has 1 aromatic carbocycles. The molecule has 0 radical (unpaired) electrons. The maximum Gasteiger partial charge on any atom is 0.191 e. The molecule has 5 nitrogen and oxygen atoms in total. The van der Waals surface area contributed by atoms with Gasteiger partial charge in [0.25, 0.3) is 0 Å². The largest absolute Gasteiger partial charge is 0.383 e. The van der Waals surface area contributed by atoms with Crippen LogP contribution in [0.2, 0.25) is 0 Å². The molecule has 0 saturated heterocycles. The van der Waals surface area contributed by atoms with E-state index in [0.717, 1.165) is 64.2 Å². The molecule has 25 heavy (non-hydrogen) atoms. The Morgan fingerprint density at radius 1 is 1.20 bits per heavy atom. The summed E-state index contributed by atoms with van der Waals surface area (Å²) in [7, 11) is 1.77. The lowest BCUT2D eigenvalue weighted by molar-refractivity contribution is 0.144. The van der Waals surface area contributed by atoms with E-state index in [0.29, 0.717) is 0 Å². The first-order valence-corrected chi connectivity index (χ1v) is 9.62. The summed E-state index contributed by atoms with van der Waals surface area (Å²) in [5.74, 6) is 0.929. The predicted octanol–water partition coefficient (Wildman–Crippen LogP) is 2.29. The molecule has 0 bridgehead atoms. The van der Waals surface area contributed by atoms with Crippen LogP contribution >= 0.6 is 0 Å². The summed E-state index contributed by atoms with van der Waals surface area (Å²) in [6.45, 7) is 7.64. The molecule has 0 atom stereocenters. The number of benzene rings is 1. The highest BCUT2D eigenvalue weighted by atomic mass is 16.5. The minimum absolute atomic E-state index is 0.766. The summed E-state index contributed by atoms with van der Waals surface area (Å²) >= 11 is 0. The second-order valence-corrected chi connectivity index (χ2v) is 6.54. The van der Waals surface area contributed by atoms with Crippen molar-refractivity contribution in [1.82, 2.24) is 15.5 Å². The summed E-state index contributed by atoms with van der Waals surface area (Å²) in [6, 6.07) is 11.4. The maximum atomic E-state index is 5.22. The van der Waals surface area contributed by atoms with E-state index < -0.39 is 0 Å². The molecule has 140 valence electrons. The van der Waals surface area contributed by atoms with Gasteiger partial charge in [-0.15, -0.1) is 0 Å². The lowest BCUT2D eigenvalue weighted by Crippen LogP contribution is -2.42. The van der Waals surface area contributed by atoms with E-state index >= 15 is 0 Å². The molecule has 0 amide bonds. The van der Waals surface area contributed by atoms with Crippen molar-refractivity contribution in [1.29, 1.82) is 0 Å². The second kappa shape index (κ2) is 11.9. The number of guanidine groups is 1. The van der Waals surface area contributed by atoms with Gasteiger partial charge in [-0.3, -0.25) is 9.89 Å². The number of hydrogen-bond donors (Lipinski definition) is 2. The van der Waals surface area contributed by atoms with Crippen molar-refractivity contribution in [3.8, 4) is 0 Å². The minimum atomic E-state index is 0.766. The van der Waals surface area contributed by atoms with Gasteiger partial charge in [0.1, 0.15) is 0 Å². The summed E-state index contributed by atoms with van der Waals surface area (Å²) < 4.78 is 5.22. The zero-order valence-corrected chi connectivity index (χ0v) is 15.8. The predicted molar refractivity (Wildman–Crippen MR) is 105 cm³/mol. The van der Waals surface area contributed by atoms with E-state index in [1.807, 2.05) is 0 Å². The number of nitrogens with one attached hydrogen (secondary N) is 2. The summed E-state index contributed by atoms with van der Waals surface area (Å²) in [5.41, 5.74) is 1.38. The third-order valence-electron chi connectivity index (χ3n) is 4.42. The fraction of sp³-hybridized carbons (Fsp3) is 0.650. The van der Waals surface area contributed by atoms with E-state index in [2.05, 4.69) is 52.8 Å². The number of hydrogen-bond acceptors (Lipinski definition) is 3. The first-order valence-electron chi connectivity index (χ1n) is 9.62. The van der Waals surface area contributed by atoms with Gasteiger partial charge in [-0.05, 0) is 38.2 Å². The van der Waals surface area contributed by atoms with Crippen molar-refractivity contribution >= 4 is 5.96 Å². The topological polar surface area (TPSA) is 48.9 Å². The minimum Gasteiger partial charge on any atom is -0.383 e. The van der Waals surface area contributed by atoms with Crippen LogP contribution in [-0.2, 0) is 11.2 Å². The van der Waals surface area contributed by atoms with Crippen LogP contribution in [0.4, 0.5) is 0 Å². The van der Waals surface area contributed by atoms with Crippen LogP contribution in [0.5, 0.6) is 0 Å². The fourth-order valence-corrected chi connectivity index (χ4v) is 2.90. The molecule has 1 fully saturated rings. The Morgan fingerprint density at radius 2 is 2.00 bits per heavy atom. The van der Waals surface area contributed by atoms with Crippen LogP contribution in [0.25, 0.3) is 0 Å². The van der Waals surface area contributed by atoms with Gasteiger partial charge in [0.05, 0.1) is 6.61 Å². The Labute approximate surface area is 152 Å². The van der Waals surface area contributed by atoms with Crippen LogP contribution in [0.1, 0.15) is 31.7 Å². The summed E-state index contributed by atoms with van der Waals surface area (Å²) in [6.07, 6.45) is 4.81. The Kier molecular flexibility index (Phi) is 9.37. The first-order chi connectivity index (χ1) is 12.3. The molecule has 0 aromatic heterocycles. The van der Waals surface area contributed by atoms with Gasteiger partial charge in [0.2, 0.25) is 0 Å². The average Bonchev–Trinajstić information content (AvgIpc) is 3.47. The maximum absolute atomic E-state index is 5.22. The highest BCUT2D eigenvalue weighted by molar-refractivity contribution is 5.79. The average molecular weight is 347 g/mol. The normalized spacial score (nSPS) is 14.8. The quantitative estimate of drug-likeness (QED) is 0.346. The van der Waals surface area contributed by atoms with Crippen LogP contribution < -0.4 is 10.6 Å². The molecule has 2 rings (SSSR count). The van der Waals surface area contributed by atoms with Gasteiger partial charge in [-0.1, -0.05) is 30.3 Å². The van der Waals surface area contributed by atoms with Crippen molar-refractivity contribution in [2.45, 2.75) is 38.6 Å². The number of rotatable bonds is 12. The van der Waals surface area contributed by atoms with Gasteiger partial charge in [-0.2, -0.15) is 0 Å². The molecule has 1 saturated carbocycles. The van der Waals surface area contributed by atoms with Crippen molar-refractivity contribution in [3.05, 3.63) is 35.9 Å². The Morgan fingerprint density at radius 3 is 2.68 bits per heavy atom. The van der Waals surface area contributed by atoms with Gasteiger partial charge < -0.3 is 15.4 Å². The lowest BCUT2D eigenvalue weighted by Gasteiger charge is -2.22. The van der Waals surface area contributed by atoms with E-state index in [1.54, 1.807) is 7.11 Å². The van der Waals surface area contributed by atoms with Crippen LogP contribution in [0.15, 0.2) is 35.3 Å². The first kappa shape index (κ1) is 19.7. The number of ether oxygens (including phenoxy) is 1. The molecule has 0 unspecified atom stereocenters. The zero-order valence-electron chi connectivity index (χ0n) is 15.8. The Balaban J connectivity index is 1.67. The summed E-state index contributed by atoms with van der Waals surface area (Å²) in [4.78, 5) is 7.22. The van der Waals surface area contributed by atoms with Crippen molar-refractivity contribution < 1.29 is 4.74 Å². The molecule has 1 aliphatic rings. The monoisotopic (exact) mass is 346 g/mol. The highest BCUT2D eigenvalue weighted by Gasteiger charge is 2.28. The number of aryl methyl sites for hydroxylation is 1. The van der Waals surface area contributed by atoms with Crippen molar-refractivity contribution in [2.24, 2.45) is 4.99 Å². The fourth-order valence-electron chi connectivity index (χ4n) is 2.90. The summed E-state index contributed by atoms with van der Waals surface area (Å²) in [5, 5.41) is 6.80. The molecule has 0 heterocycles. The third-order valence-corrected chi connectivity index (χ3v) is 4.42. The molecule has 1 aliphatic carbocycles. The van der Waals surface area contributed by atoms with E-state index in [4.69, 9.17) is 9.73 Å². The van der Waals surface area contributed by atoms with Gasteiger partial charge >= 0.3 is 0 Å². The number of aliphatic imine (C=N–C) groups is 1. The number of methoxy groups -OCH3 is 1. The molecule has 0 spiro atoms. The van der Waals surface area contributed by atoms with E-state index in [-0.39, 0.29) is 0 Å². The van der Waals surface area contributed by atoms with Crippen LogP contribution in [0.3, 0.4) is 0 Å². The number of nitrogens with zero attached hydrogens (tertiary/aromatic N) is 2. The van der Waals surface area contributed by atoms with Crippen LogP contribution in [-0.4, -0.2) is 63.3 Å². The van der Waals surface area contributed by atoms with Gasteiger partial charge in [0.15, 0.2) is 5.96 Å².